The number of aryl methyl sites for hydroxylation is 1. The molecule has 0 unspecified atom stereocenters. The number of hydrogen-bond donors (Lipinski definition) is 2. The molecule has 3 N–H and O–H groups in total. The van der Waals surface area contributed by atoms with Crippen molar-refractivity contribution in [1.29, 1.82) is 0 Å². The summed E-state index contributed by atoms with van der Waals surface area (Å²) in [5.74, 6) is 0. The quantitative estimate of drug-likeness (QED) is 0.683. The van der Waals surface area contributed by atoms with Crippen molar-refractivity contribution in [3.05, 3.63) is 34.2 Å². The molecule has 72 valence electrons. The Balaban J connectivity index is 3.16. The van der Waals surface area contributed by atoms with E-state index in [1.807, 2.05) is 6.92 Å². The van der Waals surface area contributed by atoms with Crippen LogP contribution in [0.25, 0.3) is 0 Å². The molecular weight excluding hydrogens is 168 g/mol. The molecule has 4 heteroatoms. The van der Waals surface area contributed by atoms with Gasteiger partial charge in [0.25, 0.3) is 5.56 Å². The van der Waals surface area contributed by atoms with Gasteiger partial charge >= 0.3 is 0 Å². The maximum Gasteiger partial charge on any atom is 0.255 e. The van der Waals surface area contributed by atoms with Crippen molar-refractivity contribution in [3.63, 3.8) is 0 Å². The highest BCUT2D eigenvalue weighted by Gasteiger charge is 2.09. The number of nitrogens with zero attached hydrogens (tertiary/aromatic N) is 1. The molecule has 1 aromatic heterocycles. The van der Waals surface area contributed by atoms with Gasteiger partial charge in [0.05, 0.1) is 12.6 Å². The predicted molar refractivity (Wildman–Crippen MR) is 50.4 cm³/mol. The van der Waals surface area contributed by atoms with Crippen LogP contribution in [0.3, 0.4) is 0 Å². The number of pyridine rings is 1. The minimum Gasteiger partial charge on any atom is -0.394 e. The molecule has 0 aromatic carbocycles. The number of aromatic nitrogens is 1. The Morgan fingerprint density at radius 1 is 1.69 bits per heavy atom. The summed E-state index contributed by atoms with van der Waals surface area (Å²) in [7, 11) is 0. The topological polar surface area (TPSA) is 68.2 Å². The first-order valence-corrected chi connectivity index (χ1v) is 4.26. The fourth-order valence-corrected chi connectivity index (χ4v) is 1.18. The van der Waals surface area contributed by atoms with Crippen LogP contribution in [-0.2, 0) is 6.54 Å². The molecule has 0 saturated carbocycles. The molecule has 1 rings (SSSR count). The summed E-state index contributed by atoms with van der Waals surface area (Å²) >= 11 is 0. The van der Waals surface area contributed by atoms with Crippen molar-refractivity contribution >= 4 is 0 Å². The fraction of sp³-hybridized carbons (Fsp3) is 0.444. The molecule has 1 aromatic rings. The van der Waals surface area contributed by atoms with E-state index in [-0.39, 0.29) is 12.2 Å². The molecule has 0 spiro atoms. The standard InChI is InChI=1S/C9H14N2O2/c1-2-11-5-3-4-7(9(11)13)8(10)6-12/h3-5,8,12H,2,6,10H2,1H3/t8-/m1/s1. The molecule has 4 nitrogen and oxygen atoms in total. The summed E-state index contributed by atoms with van der Waals surface area (Å²) in [5, 5.41) is 8.80. The Hall–Kier alpha value is -1.13. The molecule has 1 atom stereocenters. The maximum absolute atomic E-state index is 11.6. The average Bonchev–Trinajstić information content (AvgIpc) is 2.17. The number of aliphatic hydroxyl groups is 1. The minimum absolute atomic E-state index is 0.119. The molecule has 0 aliphatic carbocycles. The van der Waals surface area contributed by atoms with Crippen LogP contribution < -0.4 is 11.3 Å². The van der Waals surface area contributed by atoms with Crippen molar-refractivity contribution in [1.82, 2.24) is 4.57 Å². The minimum atomic E-state index is -0.577. The van der Waals surface area contributed by atoms with Crippen LogP contribution >= 0.6 is 0 Å². The van der Waals surface area contributed by atoms with Crippen molar-refractivity contribution in [2.45, 2.75) is 19.5 Å². The van der Waals surface area contributed by atoms with Crippen molar-refractivity contribution < 1.29 is 5.11 Å². The lowest BCUT2D eigenvalue weighted by Gasteiger charge is -2.09. The van der Waals surface area contributed by atoms with E-state index in [0.29, 0.717) is 12.1 Å². The summed E-state index contributed by atoms with van der Waals surface area (Å²) in [6, 6.07) is 2.83. The molecule has 0 saturated heterocycles. The normalized spacial score (nSPS) is 12.8. The number of hydrogen-bond acceptors (Lipinski definition) is 3. The molecule has 0 amide bonds. The zero-order valence-corrected chi connectivity index (χ0v) is 7.60. The Labute approximate surface area is 76.6 Å². The summed E-state index contributed by atoms with van der Waals surface area (Å²) in [6.07, 6.45) is 1.70. The van der Waals surface area contributed by atoms with Gasteiger partial charge in [0, 0.05) is 18.3 Å². The van der Waals surface area contributed by atoms with Gasteiger partial charge in [-0.15, -0.1) is 0 Å². The lowest BCUT2D eigenvalue weighted by Crippen LogP contribution is -2.28. The summed E-state index contributed by atoms with van der Waals surface area (Å²) in [4.78, 5) is 11.6. The number of aliphatic hydroxyl groups excluding tert-OH is 1. The second kappa shape index (κ2) is 4.20. The highest BCUT2D eigenvalue weighted by atomic mass is 16.3. The second-order valence-electron chi connectivity index (χ2n) is 2.84. The van der Waals surface area contributed by atoms with Gasteiger partial charge in [0.2, 0.25) is 0 Å². The SMILES string of the molecule is CCn1cccc([C@H](N)CO)c1=O. The zero-order chi connectivity index (χ0) is 9.84. The first-order valence-electron chi connectivity index (χ1n) is 4.26. The van der Waals surface area contributed by atoms with Gasteiger partial charge in [-0.05, 0) is 13.0 Å². The van der Waals surface area contributed by atoms with Gasteiger partial charge < -0.3 is 15.4 Å². The first-order chi connectivity index (χ1) is 6.20. The van der Waals surface area contributed by atoms with E-state index in [0.717, 1.165) is 0 Å². The largest absolute Gasteiger partial charge is 0.394 e. The van der Waals surface area contributed by atoms with Gasteiger partial charge in [0.15, 0.2) is 0 Å². The molecule has 0 aliphatic rings. The van der Waals surface area contributed by atoms with Crippen LogP contribution in [0.2, 0.25) is 0 Å². The van der Waals surface area contributed by atoms with Crippen molar-refractivity contribution in [2.75, 3.05) is 6.61 Å². The fourth-order valence-electron chi connectivity index (χ4n) is 1.18. The van der Waals surface area contributed by atoms with E-state index in [9.17, 15) is 4.79 Å². The Morgan fingerprint density at radius 2 is 2.38 bits per heavy atom. The average molecular weight is 182 g/mol. The van der Waals surface area contributed by atoms with Crippen LogP contribution in [0.4, 0.5) is 0 Å². The summed E-state index contributed by atoms with van der Waals surface area (Å²) < 4.78 is 1.56. The van der Waals surface area contributed by atoms with E-state index in [2.05, 4.69) is 0 Å². The van der Waals surface area contributed by atoms with Gasteiger partial charge in [0.1, 0.15) is 0 Å². The van der Waals surface area contributed by atoms with Crippen LogP contribution in [0, 0.1) is 0 Å². The summed E-state index contributed by atoms with van der Waals surface area (Å²) in [5.41, 5.74) is 5.90. The monoisotopic (exact) mass is 182 g/mol. The van der Waals surface area contributed by atoms with E-state index in [1.54, 1.807) is 22.9 Å². The van der Waals surface area contributed by atoms with E-state index in [1.165, 1.54) is 0 Å². The van der Waals surface area contributed by atoms with Gasteiger partial charge in [-0.2, -0.15) is 0 Å². The molecule has 0 bridgehead atoms. The molecule has 13 heavy (non-hydrogen) atoms. The highest BCUT2D eigenvalue weighted by Crippen LogP contribution is 2.02. The molecule has 1 heterocycles. The predicted octanol–water partition coefficient (Wildman–Crippen LogP) is -0.140. The molecular formula is C9H14N2O2. The maximum atomic E-state index is 11.6. The van der Waals surface area contributed by atoms with E-state index < -0.39 is 6.04 Å². The number of rotatable bonds is 3. The van der Waals surface area contributed by atoms with Gasteiger partial charge in [-0.3, -0.25) is 4.79 Å². The smallest absolute Gasteiger partial charge is 0.255 e. The lowest BCUT2D eigenvalue weighted by atomic mass is 10.1. The number of nitrogens with two attached hydrogens (primary N) is 1. The van der Waals surface area contributed by atoms with Crippen molar-refractivity contribution in [2.24, 2.45) is 5.73 Å². The third-order valence-corrected chi connectivity index (χ3v) is 1.99. The zero-order valence-electron chi connectivity index (χ0n) is 7.60. The molecule has 0 aliphatic heterocycles. The van der Waals surface area contributed by atoms with Crippen LogP contribution in [-0.4, -0.2) is 16.3 Å². The Morgan fingerprint density at radius 3 is 2.92 bits per heavy atom. The summed E-state index contributed by atoms with van der Waals surface area (Å²) in [6.45, 7) is 2.30. The second-order valence-corrected chi connectivity index (χ2v) is 2.84. The van der Waals surface area contributed by atoms with Crippen LogP contribution in [0.15, 0.2) is 23.1 Å². The van der Waals surface area contributed by atoms with E-state index in [4.69, 9.17) is 10.8 Å². The lowest BCUT2D eigenvalue weighted by molar-refractivity contribution is 0.267. The van der Waals surface area contributed by atoms with Crippen molar-refractivity contribution in [3.8, 4) is 0 Å². The third kappa shape index (κ3) is 1.96. The Bertz CT molecular complexity index is 333. The highest BCUT2D eigenvalue weighted by molar-refractivity contribution is 5.14. The van der Waals surface area contributed by atoms with Crippen LogP contribution in [0.5, 0.6) is 0 Å². The van der Waals surface area contributed by atoms with Crippen LogP contribution in [0.1, 0.15) is 18.5 Å². The Kier molecular flexibility index (Phi) is 3.22. The van der Waals surface area contributed by atoms with Gasteiger partial charge in [-0.25, -0.2) is 0 Å². The molecule has 0 radical (unpaired) electrons. The van der Waals surface area contributed by atoms with Gasteiger partial charge in [-0.1, -0.05) is 6.07 Å². The first kappa shape index (κ1) is 9.95. The molecule has 0 fully saturated rings. The van der Waals surface area contributed by atoms with E-state index >= 15 is 0 Å². The third-order valence-electron chi connectivity index (χ3n) is 1.99.